The van der Waals surface area contributed by atoms with Crippen molar-refractivity contribution in [3.05, 3.63) is 23.3 Å². The van der Waals surface area contributed by atoms with Crippen molar-refractivity contribution < 1.29 is 0 Å². The lowest BCUT2D eigenvalue weighted by Crippen LogP contribution is -2.18. The summed E-state index contributed by atoms with van der Waals surface area (Å²) in [6, 6.07) is 4.53. The Morgan fingerprint density at radius 2 is 1.62 bits per heavy atom. The highest BCUT2D eigenvalue weighted by atomic mass is 35.5. The lowest BCUT2D eigenvalue weighted by atomic mass is 9.94. The molecule has 2 nitrogen and oxygen atoms in total. The summed E-state index contributed by atoms with van der Waals surface area (Å²) >= 11 is 0. The molecule has 2 aliphatic heterocycles. The first-order valence-electron chi connectivity index (χ1n) is 5.57. The second-order valence-electron chi connectivity index (χ2n) is 4.19. The molecule has 4 heteroatoms. The molecule has 2 N–H and O–H groups in total. The van der Waals surface area contributed by atoms with Gasteiger partial charge in [-0.25, -0.2) is 0 Å². The van der Waals surface area contributed by atoms with Crippen LogP contribution in [0.25, 0.3) is 0 Å². The average molecular weight is 261 g/mol. The Bertz CT molecular complexity index is 331. The molecule has 2 aliphatic rings. The van der Waals surface area contributed by atoms with Gasteiger partial charge in [-0.05, 0) is 42.9 Å². The van der Waals surface area contributed by atoms with Crippen LogP contribution < -0.4 is 10.6 Å². The van der Waals surface area contributed by atoms with Crippen molar-refractivity contribution in [2.24, 2.45) is 0 Å². The van der Waals surface area contributed by atoms with E-state index in [-0.39, 0.29) is 24.8 Å². The van der Waals surface area contributed by atoms with Crippen LogP contribution in [0.2, 0.25) is 0 Å². The molecule has 90 valence electrons. The van der Waals surface area contributed by atoms with Gasteiger partial charge < -0.3 is 10.6 Å². The van der Waals surface area contributed by atoms with Crippen LogP contribution in [0.1, 0.15) is 24.0 Å². The van der Waals surface area contributed by atoms with E-state index >= 15 is 0 Å². The van der Waals surface area contributed by atoms with Crippen molar-refractivity contribution in [3.63, 3.8) is 0 Å². The predicted octanol–water partition coefficient (Wildman–Crippen LogP) is 3.25. The third-order valence-corrected chi connectivity index (χ3v) is 3.24. The lowest BCUT2D eigenvalue weighted by Gasteiger charge is -2.26. The Kier molecular flexibility index (Phi) is 4.75. The van der Waals surface area contributed by atoms with E-state index in [1.54, 1.807) is 0 Å². The molecule has 1 aromatic rings. The number of nitrogens with one attached hydrogen (secondary N) is 2. The molecule has 2 heterocycles. The topological polar surface area (TPSA) is 24.1 Å². The minimum absolute atomic E-state index is 0. The molecule has 16 heavy (non-hydrogen) atoms. The number of hydrogen-bond acceptors (Lipinski definition) is 2. The van der Waals surface area contributed by atoms with E-state index in [2.05, 4.69) is 22.8 Å². The van der Waals surface area contributed by atoms with Gasteiger partial charge in [0.25, 0.3) is 0 Å². The van der Waals surface area contributed by atoms with Crippen molar-refractivity contribution in [2.45, 2.75) is 25.7 Å². The second kappa shape index (κ2) is 5.65. The fraction of sp³-hybridized carbons (Fsp3) is 0.500. The van der Waals surface area contributed by atoms with Crippen LogP contribution in [0, 0.1) is 0 Å². The summed E-state index contributed by atoms with van der Waals surface area (Å²) in [5.74, 6) is 0. The molecular formula is C12H18Cl2N2. The minimum atomic E-state index is 0. The van der Waals surface area contributed by atoms with Crippen molar-refractivity contribution in [1.82, 2.24) is 0 Å². The number of hydrogen-bond donors (Lipinski definition) is 2. The quantitative estimate of drug-likeness (QED) is 0.749. The SMILES string of the molecule is Cl.Cl.c1cc2c(c3c1CCCN3)CCCN2. The van der Waals surface area contributed by atoms with Crippen LogP contribution in [0.5, 0.6) is 0 Å². The summed E-state index contributed by atoms with van der Waals surface area (Å²) < 4.78 is 0. The molecule has 0 atom stereocenters. The third-order valence-electron chi connectivity index (χ3n) is 3.24. The molecule has 0 spiro atoms. The number of benzene rings is 1. The summed E-state index contributed by atoms with van der Waals surface area (Å²) in [5.41, 5.74) is 5.82. The molecule has 0 amide bonds. The molecule has 0 unspecified atom stereocenters. The molecule has 0 radical (unpaired) electrons. The van der Waals surface area contributed by atoms with E-state index in [0.29, 0.717) is 0 Å². The van der Waals surface area contributed by atoms with Crippen LogP contribution in [-0.2, 0) is 12.8 Å². The summed E-state index contributed by atoms with van der Waals surface area (Å²) in [4.78, 5) is 0. The summed E-state index contributed by atoms with van der Waals surface area (Å²) in [7, 11) is 0. The van der Waals surface area contributed by atoms with Gasteiger partial charge in [0.2, 0.25) is 0 Å². The van der Waals surface area contributed by atoms with E-state index < -0.39 is 0 Å². The van der Waals surface area contributed by atoms with Crippen LogP contribution in [0.4, 0.5) is 11.4 Å². The number of rotatable bonds is 0. The van der Waals surface area contributed by atoms with Gasteiger partial charge in [0, 0.05) is 24.5 Å². The van der Waals surface area contributed by atoms with E-state index in [1.165, 1.54) is 48.2 Å². The lowest BCUT2D eigenvalue weighted by molar-refractivity contribution is 0.795. The van der Waals surface area contributed by atoms with Gasteiger partial charge in [-0.3, -0.25) is 0 Å². The van der Waals surface area contributed by atoms with Crippen LogP contribution >= 0.6 is 24.8 Å². The highest BCUT2D eigenvalue weighted by Crippen LogP contribution is 2.34. The molecule has 1 aromatic carbocycles. The highest BCUT2D eigenvalue weighted by Gasteiger charge is 2.17. The van der Waals surface area contributed by atoms with Gasteiger partial charge in [-0.15, -0.1) is 24.8 Å². The summed E-state index contributed by atoms with van der Waals surface area (Å²) in [6.45, 7) is 2.27. The van der Waals surface area contributed by atoms with Crippen molar-refractivity contribution >= 4 is 36.2 Å². The summed E-state index contributed by atoms with van der Waals surface area (Å²) in [5, 5.41) is 7.02. The maximum atomic E-state index is 3.55. The van der Waals surface area contributed by atoms with E-state index in [1.807, 2.05) is 0 Å². The number of halogens is 2. The molecule has 0 saturated carbocycles. The Balaban J connectivity index is 0.000000640. The maximum absolute atomic E-state index is 3.55. The Hall–Kier alpha value is -0.600. The van der Waals surface area contributed by atoms with Gasteiger partial charge in [0.1, 0.15) is 0 Å². The first kappa shape index (κ1) is 13.5. The Labute approximate surface area is 109 Å². The molecule has 0 fully saturated rings. The normalized spacial score (nSPS) is 16.5. The predicted molar refractivity (Wildman–Crippen MR) is 74.6 cm³/mol. The van der Waals surface area contributed by atoms with Gasteiger partial charge in [0.05, 0.1) is 0 Å². The molecule has 0 saturated heterocycles. The van der Waals surface area contributed by atoms with Crippen LogP contribution in [0.15, 0.2) is 12.1 Å². The minimum Gasteiger partial charge on any atom is -0.385 e. The molecular weight excluding hydrogens is 243 g/mol. The van der Waals surface area contributed by atoms with Crippen LogP contribution in [-0.4, -0.2) is 13.1 Å². The largest absolute Gasteiger partial charge is 0.385 e. The van der Waals surface area contributed by atoms with Crippen molar-refractivity contribution in [2.75, 3.05) is 23.7 Å². The van der Waals surface area contributed by atoms with E-state index in [4.69, 9.17) is 0 Å². The average Bonchev–Trinajstić information content (AvgIpc) is 2.29. The van der Waals surface area contributed by atoms with Crippen molar-refractivity contribution in [3.8, 4) is 0 Å². The Morgan fingerprint density at radius 1 is 0.875 bits per heavy atom. The van der Waals surface area contributed by atoms with Crippen LogP contribution in [0.3, 0.4) is 0 Å². The molecule has 0 bridgehead atoms. The van der Waals surface area contributed by atoms with Gasteiger partial charge in [-0.1, -0.05) is 6.07 Å². The standard InChI is InChI=1S/C12H16N2.2ClH/c1-3-9-5-6-11-10(4-2-7-13-11)12(9)14-8-1;;/h5-6,13-14H,1-4,7-8H2;2*1H. The zero-order chi connectivity index (χ0) is 9.38. The fourth-order valence-electron chi connectivity index (χ4n) is 2.53. The van der Waals surface area contributed by atoms with Gasteiger partial charge >= 0.3 is 0 Å². The fourth-order valence-corrected chi connectivity index (χ4v) is 2.53. The van der Waals surface area contributed by atoms with Gasteiger partial charge in [0.15, 0.2) is 0 Å². The smallest absolute Gasteiger partial charge is 0.0426 e. The Morgan fingerprint density at radius 3 is 2.50 bits per heavy atom. The molecule has 0 aromatic heterocycles. The zero-order valence-electron chi connectivity index (χ0n) is 9.21. The van der Waals surface area contributed by atoms with Gasteiger partial charge in [-0.2, -0.15) is 0 Å². The number of aryl methyl sites for hydroxylation is 1. The highest BCUT2D eigenvalue weighted by molar-refractivity contribution is 5.85. The summed E-state index contributed by atoms with van der Waals surface area (Å²) in [6.07, 6.45) is 5.03. The third kappa shape index (κ3) is 2.23. The monoisotopic (exact) mass is 260 g/mol. The number of fused-ring (bicyclic) bond motifs is 3. The zero-order valence-corrected chi connectivity index (χ0v) is 10.8. The second-order valence-corrected chi connectivity index (χ2v) is 4.19. The molecule has 0 aliphatic carbocycles. The van der Waals surface area contributed by atoms with E-state index in [0.717, 1.165) is 13.1 Å². The van der Waals surface area contributed by atoms with Crippen molar-refractivity contribution in [1.29, 1.82) is 0 Å². The first-order valence-corrected chi connectivity index (χ1v) is 5.57. The molecule has 3 rings (SSSR count). The number of anilines is 2. The van der Waals surface area contributed by atoms with E-state index in [9.17, 15) is 0 Å². The maximum Gasteiger partial charge on any atom is 0.0426 e. The first-order chi connectivity index (χ1) is 6.95.